The van der Waals surface area contributed by atoms with Crippen molar-refractivity contribution in [2.24, 2.45) is 0 Å². The van der Waals surface area contributed by atoms with Gasteiger partial charge in [-0.1, -0.05) is 0 Å². The van der Waals surface area contributed by atoms with Crippen LogP contribution in [0, 0.1) is 0 Å². The molecule has 4 nitrogen and oxygen atoms in total. The predicted octanol–water partition coefficient (Wildman–Crippen LogP) is -0.231. The van der Waals surface area contributed by atoms with Crippen molar-refractivity contribution in [3.8, 4) is 0 Å². The molecule has 0 atom stereocenters. The maximum atomic E-state index is 10.9. The summed E-state index contributed by atoms with van der Waals surface area (Å²) in [5, 5.41) is 0. The van der Waals surface area contributed by atoms with Crippen LogP contribution in [-0.4, -0.2) is 30.7 Å². The van der Waals surface area contributed by atoms with Crippen molar-refractivity contribution in [1.82, 2.24) is 0 Å². The van der Waals surface area contributed by atoms with Gasteiger partial charge in [0.15, 0.2) is 0 Å². The van der Waals surface area contributed by atoms with Crippen LogP contribution in [0.2, 0.25) is 0 Å². The second-order valence-corrected chi connectivity index (χ2v) is 6.12. The molecule has 0 aliphatic rings. The van der Waals surface area contributed by atoms with E-state index in [4.69, 9.17) is 14.7 Å². The van der Waals surface area contributed by atoms with Crippen molar-refractivity contribution in [1.29, 1.82) is 0 Å². The van der Waals surface area contributed by atoms with E-state index in [1.807, 2.05) is 0 Å². The van der Waals surface area contributed by atoms with Gasteiger partial charge in [-0.3, -0.25) is 0 Å². The Labute approximate surface area is 81.7 Å². The number of hydrogen-bond acceptors (Lipinski definition) is 6. The summed E-state index contributed by atoms with van der Waals surface area (Å²) < 4.78 is -1.56. The van der Waals surface area contributed by atoms with E-state index in [-0.39, 0.29) is 0 Å². The van der Waals surface area contributed by atoms with E-state index in [2.05, 4.69) is 31.8 Å². The van der Waals surface area contributed by atoms with Gasteiger partial charge in [-0.05, 0) is 0 Å². The van der Waals surface area contributed by atoms with Crippen LogP contribution in [0.3, 0.4) is 0 Å². The second kappa shape index (κ2) is 4.09. The molecule has 72 valence electrons. The zero-order valence-electron chi connectivity index (χ0n) is 6.14. The zero-order valence-corrected chi connectivity index (χ0v) is 8.92. The summed E-state index contributed by atoms with van der Waals surface area (Å²) in [6.45, 7) is 3.18. The van der Waals surface area contributed by atoms with Crippen molar-refractivity contribution in [2.45, 2.75) is 4.08 Å². The van der Waals surface area contributed by atoms with Crippen molar-refractivity contribution < 1.29 is 19.5 Å². The normalized spacial score (nSPS) is 14.1. The molecule has 0 aliphatic heterocycles. The van der Waals surface area contributed by atoms with E-state index in [9.17, 15) is 4.79 Å². The zero-order chi connectivity index (χ0) is 9.99. The molecule has 0 unspecified atom stereocenters. The van der Waals surface area contributed by atoms with Crippen molar-refractivity contribution >= 4 is 39.0 Å². The summed E-state index contributed by atoms with van der Waals surface area (Å²) in [7, 11) is -4.29. The van der Waals surface area contributed by atoms with E-state index in [1.165, 1.54) is 0 Å². The van der Waals surface area contributed by atoms with Crippen LogP contribution in [0.4, 0.5) is 0 Å². The summed E-state index contributed by atoms with van der Waals surface area (Å²) >= 11 is 7.51. The fourth-order valence-corrected chi connectivity index (χ4v) is 2.87. The first-order valence-electron chi connectivity index (χ1n) is 2.98. The van der Waals surface area contributed by atoms with Gasteiger partial charge in [-0.2, -0.15) is 0 Å². The third-order valence-electron chi connectivity index (χ3n) is 1.06. The fraction of sp³-hybridized carbons (Fsp3) is 0.400. The first kappa shape index (κ1) is 12.4. The van der Waals surface area contributed by atoms with Crippen LogP contribution >= 0.6 is 33.2 Å². The number of carbonyl (C=O) groups excluding carboxylic acids is 1. The third kappa shape index (κ3) is 4.45. The Hall–Kier alpha value is 0.420. The molecular formula is C5H11O4PS2. The summed E-state index contributed by atoms with van der Waals surface area (Å²) in [5.41, 5.74) is 0. The average molecular weight is 230 g/mol. The topological polar surface area (TPSA) is 77.8 Å². The number of thiol groups is 2. The molecule has 7 heteroatoms. The van der Waals surface area contributed by atoms with E-state index in [0.717, 1.165) is 6.08 Å². The monoisotopic (exact) mass is 230 g/mol. The molecule has 0 saturated heterocycles. The Morgan fingerprint density at radius 3 is 2.17 bits per heavy atom. The van der Waals surface area contributed by atoms with Gasteiger partial charge in [0.25, 0.3) is 0 Å². The van der Waals surface area contributed by atoms with Crippen LogP contribution in [-0.2, 0) is 4.79 Å². The van der Waals surface area contributed by atoms with Crippen LogP contribution in [0.1, 0.15) is 0 Å². The summed E-state index contributed by atoms with van der Waals surface area (Å²) in [4.78, 5) is 36.9. The molecule has 0 aromatic carbocycles. The van der Waals surface area contributed by atoms with Crippen molar-refractivity contribution in [2.75, 3.05) is 6.16 Å². The number of carbonyl (C=O) groups is 1. The molecule has 0 heterocycles. The molecule has 0 fully saturated rings. The van der Waals surface area contributed by atoms with Crippen LogP contribution in [0.15, 0.2) is 12.7 Å². The third-order valence-corrected chi connectivity index (χ3v) is 3.42. The van der Waals surface area contributed by atoms with Gasteiger partial charge in [-0.25, -0.2) is 0 Å². The molecule has 0 rings (SSSR count). The minimum absolute atomic E-state index is 0.572. The Kier molecular flexibility index (Phi) is 4.23. The predicted molar refractivity (Wildman–Crippen MR) is 55.7 cm³/mol. The number of allylic oxidation sites excluding steroid dienone is 1. The van der Waals surface area contributed by atoms with E-state index < -0.39 is 24.0 Å². The minimum atomic E-state index is -4.29. The number of ketones is 1. The first-order chi connectivity index (χ1) is 5.19. The van der Waals surface area contributed by atoms with Gasteiger partial charge in [0.05, 0.1) is 0 Å². The molecular weight excluding hydrogens is 219 g/mol. The standard InChI is InChI=1S/C5H11O4PS2/c1-2-4(6)5(11,12)3-10(7,8)9/h2,7-12H,1,3H2. The van der Waals surface area contributed by atoms with Gasteiger partial charge in [0.2, 0.25) is 0 Å². The molecule has 0 radical (unpaired) electrons. The first-order valence-corrected chi connectivity index (χ1v) is 5.92. The summed E-state index contributed by atoms with van der Waals surface area (Å²) in [6.07, 6.45) is 0.386. The summed E-state index contributed by atoms with van der Waals surface area (Å²) in [5.74, 6) is -0.580. The Bertz CT molecular complexity index is 198. The average Bonchev–Trinajstić information content (AvgIpc) is 1.80. The number of hydrogen-bond donors (Lipinski definition) is 5. The Morgan fingerprint density at radius 2 is 1.92 bits per heavy atom. The molecule has 0 aliphatic carbocycles. The molecule has 0 bridgehead atoms. The Morgan fingerprint density at radius 1 is 1.50 bits per heavy atom. The quantitative estimate of drug-likeness (QED) is 0.200. The van der Waals surface area contributed by atoms with Crippen LogP contribution in [0.5, 0.6) is 0 Å². The van der Waals surface area contributed by atoms with Crippen molar-refractivity contribution in [3.05, 3.63) is 12.7 Å². The van der Waals surface area contributed by atoms with Gasteiger partial charge < -0.3 is 0 Å². The molecule has 0 spiro atoms. The van der Waals surface area contributed by atoms with E-state index in [1.54, 1.807) is 0 Å². The molecule has 0 aromatic heterocycles. The molecule has 0 aromatic rings. The second-order valence-electron chi connectivity index (χ2n) is 2.34. The van der Waals surface area contributed by atoms with Gasteiger partial charge in [-0.15, -0.1) is 0 Å². The molecule has 0 amide bonds. The fourth-order valence-electron chi connectivity index (χ4n) is 0.581. The molecule has 12 heavy (non-hydrogen) atoms. The molecule has 0 saturated carbocycles. The van der Waals surface area contributed by atoms with E-state index >= 15 is 0 Å². The summed E-state index contributed by atoms with van der Waals surface area (Å²) in [6, 6.07) is 0. The van der Waals surface area contributed by atoms with Gasteiger partial charge >= 0.3 is 81.4 Å². The SMILES string of the molecule is C=CC(=O)C(S)(S)C[PH](O)(O)O. The molecule has 3 N–H and O–H groups in total. The van der Waals surface area contributed by atoms with Crippen LogP contribution < -0.4 is 0 Å². The van der Waals surface area contributed by atoms with Crippen LogP contribution in [0.25, 0.3) is 0 Å². The van der Waals surface area contributed by atoms with Crippen molar-refractivity contribution in [3.63, 3.8) is 0 Å². The number of rotatable bonds is 4. The van der Waals surface area contributed by atoms with Gasteiger partial charge in [0, 0.05) is 0 Å². The van der Waals surface area contributed by atoms with E-state index in [0.29, 0.717) is 0 Å². The Balaban J connectivity index is 4.42. The maximum absolute atomic E-state index is 10.9. The van der Waals surface area contributed by atoms with Gasteiger partial charge in [0.1, 0.15) is 0 Å².